The molecule has 4 N–H and O–H groups in total. The van der Waals surface area contributed by atoms with Crippen molar-refractivity contribution in [3.05, 3.63) is 35.5 Å². The van der Waals surface area contributed by atoms with Crippen LogP contribution >= 0.6 is 0 Å². The third kappa shape index (κ3) is 2.70. The highest BCUT2D eigenvalue weighted by atomic mass is 16.2. The molecule has 1 aliphatic carbocycles. The maximum absolute atomic E-state index is 12.0. The van der Waals surface area contributed by atoms with Crippen LogP contribution in [0.1, 0.15) is 24.1 Å². The van der Waals surface area contributed by atoms with Crippen molar-refractivity contribution in [1.82, 2.24) is 10.3 Å². The Balaban J connectivity index is 1.71. The van der Waals surface area contributed by atoms with Crippen LogP contribution in [0.3, 0.4) is 0 Å². The summed E-state index contributed by atoms with van der Waals surface area (Å²) in [6.07, 6.45) is 3.04. The maximum Gasteiger partial charge on any atom is 0.237 e. The number of carbonyl (C=O) groups is 1. The van der Waals surface area contributed by atoms with Crippen LogP contribution in [0.15, 0.2) is 24.3 Å². The summed E-state index contributed by atoms with van der Waals surface area (Å²) in [6, 6.07) is 7.65. The fraction of sp³-hybridized carbons (Fsp3) is 0.438. The standard InChI is InChI=1S/C16H21N3O/c1-10-13(12-4-2-3-5-15(12)19-10)8-14(17)16(20)18-9-11-6-7-11/h2-5,11,14,19H,6-9,17H2,1H3,(H,18,20)/t14-/m0/s1. The minimum atomic E-state index is -0.480. The number of aryl methyl sites for hydroxylation is 1. The molecule has 20 heavy (non-hydrogen) atoms. The van der Waals surface area contributed by atoms with Gasteiger partial charge in [-0.1, -0.05) is 18.2 Å². The number of nitrogens with one attached hydrogen (secondary N) is 2. The first-order valence-corrected chi connectivity index (χ1v) is 7.24. The van der Waals surface area contributed by atoms with Gasteiger partial charge in [0.25, 0.3) is 0 Å². The van der Waals surface area contributed by atoms with Crippen LogP contribution in [-0.2, 0) is 11.2 Å². The first kappa shape index (κ1) is 13.2. The van der Waals surface area contributed by atoms with Crippen molar-refractivity contribution in [2.75, 3.05) is 6.54 Å². The van der Waals surface area contributed by atoms with Gasteiger partial charge in [0.2, 0.25) is 5.91 Å². The van der Waals surface area contributed by atoms with Gasteiger partial charge in [0.05, 0.1) is 6.04 Å². The first-order chi connectivity index (χ1) is 9.65. The molecule has 1 amide bonds. The molecule has 0 unspecified atom stereocenters. The monoisotopic (exact) mass is 271 g/mol. The summed E-state index contributed by atoms with van der Waals surface area (Å²) in [5, 5.41) is 4.11. The predicted octanol–water partition coefficient (Wildman–Crippen LogP) is 1.87. The molecule has 1 aromatic carbocycles. The highest BCUT2D eigenvalue weighted by molar-refractivity contribution is 5.87. The summed E-state index contributed by atoms with van der Waals surface area (Å²) < 4.78 is 0. The number of aromatic nitrogens is 1. The summed E-state index contributed by atoms with van der Waals surface area (Å²) in [4.78, 5) is 15.3. The van der Waals surface area contributed by atoms with Crippen LogP contribution < -0.4 is 11.1 Å². The van der Waals surface area contributed by atoms with Crippen LogP contribution in [0.2, 0.25) is 0 Å². The SMILES string of the molecule is Cc1[nH]c2ccccc2c1C[C@H](N)C(=O)NCC1CC1. The topological polar surface area (TPSA) is 70.9 Å². The third-order valence-electron chi connectivity index (χ3n) is 4.05. The number of rotatable bonds is 5. The van der Waals surface area contributed by atoms with Gasteiger partial charge in [-0.3, -0.25) is 4.79 Å². The number of hydrogen-bond acceptors (Lipinski definition) is 2. The summed E-state index contributed by atoms with van der Waals surface area (Å²) in [5.41, 5.74) is 9.39. The lowest BCUT2D eigenvalue weighted by Gasteiger charge is -2.12. The van der Waals surface area contributed by atoms with E-state index >= 15 is 0 Å². The van der Waals surface area contributed by atoms with Gasteiger partial charge >= 0.3 is 0 Å². The molecular formula is C16H21N3O. The van der Waals surface area contributed by atoms with E-state index in [-0.39, 0.29) is 5.91 Å². The average molecular weight is 271 g/mol. The number of H-pyrrole nitrogens is 1. The Morgan fingerprint density at radius 2 is 2.20 bits per heavy atom. The molecule has 1 saturated carbocycles. The number of fused-ring (bicyclic) bond motifs is 1. The van der Waals surface area contributed by atoms with Gasteiger partial charge in [0.1, 0.15) is 0 Å². The second-order valence-electron chi connectivity index (χ2n) is 5.77. The summed E-state index contributed by atoms with van der Waals surface area (Å²) in [7, 11) is 0. The highest BCUT2D eigenvalue weighted by Crippen LogP contribution is 2.27. The molecule has 0 spiro atoms. The number of carbonyl (C=O) groups excluding carboxylic acids is 1. The Morgan fingerprint density at radius 3 is 2.95 bits per heavy atom. The maximum atomic E-state index is 12.0. The molecule has 106 valence electrons. The zero-order chi connectivity index (χ0) is 14.1. The molecule has 1 atom stereocenters. The van der Waals surface area contributed by atoms with Gasteiger partial charge in [0.15, 0.2) is 0 Å². The molecule has 0 aliphatic heterocycles. The summed E-state index contributed by atoms with van der Waals surface area (Å²) in [5.74, 6) is 0.641. The van der Waals surface area contributed by atoms with E-state index in [9.17, 15) is 4.79 Å². The molecule has 1 aliphatic rings. The van der Waals surface area contributed by atoms with Crippen molar-refractivity contribution in [3.8, 4) is 0 Å². The molecule has 0 radical (unpaired) electrons. The van der Waals surface area contributed by atoms with E-state index in [2.05, 4.69) is 16.4 Å². The van der Waals surface area contributed by atoms with Gasteiger partial charge < -0.3 is 16.0 Å². The lowest BCUT2D eigenvalue weighted by molar-refractivity contribution is -0.122. The fourth-order valence-corrected chi connectivity index (χ4v) is 2.61. The van der Waals surface area contributed by atoms with Crippen molar-refractivity contribution in [2.45, 2.75) is 32.2 Å². The minimum absolute atomic E-state index is 0.0402. The van der Waals surface area contributed by atoms with Crippen LogP contribution in [0.4, 0.5) is 0 Å². The Kier molecular flexibility index (Phi) is 3.49. The van der Waals surface area contributed by atoms with Gasteiger partial charge in [-0.2, -0.15) is 0 Å². The van der Waals surface area contributed by atoms with E-state index in [0.29, 0.717) is 12.3 Å². The zero-order valence-electron chi connectivity index (χ0n) is 11.8. The van der Waals surface area contributed by atoms with Crippen LogP contribution in [-0.4, -0.2) is 23.5 Å². The first-order valence-electron chi connectivity index (χ1n) is 7.24. The van der Waals surface area contributed by atoms with Crippen molar-refractivity contribution in [2.24, 2.45) is 11.7 Å². The van der Waals surface area contributed by atoms with E-state index < -0.39 is 6.04 Å². The highest BCUT2D eigenvalue weighted by Gasteiger charge is 2.23. The molecule has 2 aromatic rings. The third-order valence-corrected chi connectivity index (χ3v) is 4.05. The number of aromatic amines is 1. The normalized spacial score (nSPS) is 16.3. The largest absolute Gasteiger partial charge is 0.358 e. The van der Waals surface area contributed by atoms with E-state index in [1.54, 1.807) is 0 Å². The van der Waals surface area contributed by atoms with Gasteiger partial charge in [-0.25, -0.2) is 0 Å². The molecule has 0 bridgehead atoms. The Morgan fingerprint density at radius 1 is 1.45 bits per heavy atom. The molecule has 1 aromatic heterocycles. The molecule has 4 nitrogen and oxygen atoms in total. The van der Waals surface area contributed by atoms with Crippen molar-refractivity contribution < 1.29 is 4.79 Å². The molecule has 0 saturated heterocycles. The van der Waals surface area contributed by atoms with Crippen molar-refractivity contribution in [3.63, 3.8) is 0 Å². The Hall–Kier alpha value is -1.81. The lowest BCUT2D eigenvalue weighted by atomic mass is 10.0. The number of amides is 1. The quantitative estimate of drug-likeness (QED) is 0.777. The van der Waals surface area contributed by atoms with Gasteiger partial charge in [-0.05, 0) is 43.7 Å². The van der Waals surface area contributed by atoms with Gasteiger partial charge in [-0.15, -0.1) is 0 Å². The molecule has 1 fully saturated rings. The van der Waals surface area contributed by atoms with Crippen LogP contribution in [0.5, 0.6) is 0 Å². The van der Waals surface area contributed by atoms with Crippen molar-refractivity contribution in [1.29, 1.82) is 0 Å². The van der Waals surface area contributed by atoms with E-state index in [1.807, 2.05) is 25.1 Å². The number of benzene rings is 1. The van der Waals surface area contributed by atoms with Crippen molar-refractivity contribution >= 4 is 16.8 Å². The molecule has 3 rings (SSSR count). The number of hydrogen-bond donors (Lipinski definition) is 3. The molecular weight excluding hydrogens is 250 g/mol. The van der Waals surface area contributed by atoms with Crippen LogP contribution in [0.25, 0.3) is 10.9 Å². The molecule has 1 heterocycles. The van der Waals surface area contributed by atoms with E-state index in [0.717, 1.165) is 28.7 Å². The number of para-hydroxylation sites is 1. The zero-order valence-corrected chi connectivity index (χ0v) is 11.8. The smallest absolute Gasteiger partial charge is 0.237 e. The fourth-order valence-electron chi connectivity index (χ4n) is 2.61. The van der Waals surface area contributed by atoms with E-state index in [4.69, 9.17) is 5.73 Å². The average Bonchev–Trinajstić information content (AvgIpc) is 3.22. The lowest BCUT2D eigenvalue weighted by Crippen LogP contribution is -2.42. The Labute approximate surface area is 118 Å². The minimum Gasteiger partial charge on any atom is -0.358 e. The second kappa shape index (κ2) is 5.29. The van der Waals surface area contributed by atoms with Gasteiger partial charge in [0, 0.05) is 23.1 Å². The summed E-state index contributed by atoms with van der Waals surface area (Å²) in [6.45, 7) is 2.81. The number of nitrogens with two attached hydrogens (primary N) is 1. The van der Waals surface area contributed by atoms with Crippen LogP contribution in [0, 0.1) is 12.8 Å². The van der Waals surface area contributed by atoms with E-state index in [1.165, 1.54) is 12.8 Å². The second-order valence-corrected chi connectivity index (χ2v) is 5.77. The predicted molar refractivity (Wildman–Crippen MR) is 80.4 cm³/mol. The summed E-state index contributed by atoms with van der Waals surface area (Å²) >= 11 is 0. The molecule has 4 heteroatoms. The Bertz CT molecular complexity index is 628.